The highest BCUT2D eigenvalue weighted by Crippen LogP contribution is 2.43. The average molecular weight is 316 g/mol. The van der Waals surface area contributed by atoms with Crippen molar-refractivity contribution in [1.29, 1.82) is 0 Å². The van der Waals surface area contributed by atoms with Gasteiger partial charge in [-0.15, -0.1) is 11.8 Å². The molecule has 5 atom stereocenters. The topological polar surface area (TPSA) is 51.0 Å². The van der Waals surface area contributed by atoms with Crippen LogP contribution >= 0.6 is 23.5 Å². The van der Waals surface area contributed by atoms with E-state index >= 15 is 0 Å². The second kappa shape index (κ2) is 7.18. The van der Waals surface area contributed by atoms with Gasteiger partial charge in [-0.2, -0.15) is 16.7 Å². The van der Waals surface area contributed by atoms with Crippen molar-refractivity contribution in [1.82, 2.24) is 15.5 Å². The standard InChI is InChI=1S/C14H25N3OS2/c1-6-11(8(2)15-5)14-16-13(17-18-14)12-7-19-9(3)10(4)20-12/h8-12,15H,6-7H2,1-5H3. The maximum absolute atomic E-state index is 5.53. The minimum atomic E-state index is 0.291. The molecule has 2 rings (SSSR count). The summed E-state index contributed by atoms with van der Waals surface area (Å²) in [6.07, 6.45) is 1.00. The molecule has 0 aliphatic carbocycles. The Labute approximate surface area is 130 Å². The van der Waals surface area contributed by atoms with Crippen LogP contribution in [0.4, 0.5) is 0 Å². The van der Waals surface area contributed by atoms with Gasteiger partial charge in [0.1, 0.15) is 0 Å². The van der Waals surface area contributed by atoms with Crippen molar-refractivity contribution >= 4 is 23.5 Å². The first-order valence-corrected chi connectivity index (χ1v) is 9.33. The van der Waals surface area contributed by atoms with E-state index in [1.807, 2.05) is 30.6 Å². The van der Waals surface area contributed by atoms with Gasteiger partial charge in [-0.05, 0) is 20.4 Å². The number of likely N-dealkylation sites (N-methyl/N-ethyl adjacent to an activating group) is 1. The molecule has 0 spiro atoms. The molecule has 1 aliphatic heterocycles. The van der Waals surface area contributed by atoms with Gasteiger partial charge in [-0.1, -0.05) is 25.9 Å². The lowest BCUT2D eigenvalue weighted by Gasteiger charge is -2.29. The summed E-state index contributed by atoms with van der Waals surface area (Å²) in [6, 6.07) is 0.348. The highest BCUT2D eigenvalue weighted by Gasteiger charge is 2.31. The Morgan fingerprint density at radius 1 is 1.40 bits per heavy atom. The van der Waals surface area contributed by atoms with Crippen LogP contribution in [-0.4, -0.2) is 39.5 Å². The zero-order valence-corrected chi connectivity index (χ0v) is 14.6. The van der Waals surface area contributed by atoms with Gasteiger partial charge in [-0.3, -0.25) is 0 Å². The first kappa shape index (κ1) is 16.2. The van der Waals surface area contributed by atoms with Crippen LogP contribution in [0.15, 0.2) is 4.52 Å². The second-order valence-corrected chi connectivity index (χ2v) is 8.45. The van der Waals surface area contributed by atoms with Gasteiger partial charge in [0.25, 0.3) is 0 Å². The van der Waals surface area contributed by atoms with Gasteiger partial charge in [0.15, 0.2) is 5.82 Å². The summed E-state index contributed by atoms with van der Waals surface area (Å²) in [5.74, 6) is 3.02. The molecule has 4 nitrogen and oxygen atoms in total. The fourth-order valence-corrected chi connectivity index (χ4v) is 5.22. The first-order valence-electron chi connectivity index (χ1n) is 7.34. The third kappa shape index (κ3) is 3.52. The molecule has 0 aromatic carbocycles. The lowest BCUT2D eigenvalue weighted by Crippen LogP contribution is -2.28. The van der Waals surface area contributed by atoms with E-state index < -0.39 is 0 Å². The Morgan fingerprint density at radius 2 is 2.15 bits per heavy atom. The van der Waals surface area contributed by atoms with Crippen molar-refractivity contribution in [3.05, 3.63) is 11.7 Å². The summed E-state index contributed by atoms with van der Waals surface area (Å²) < 4.78 is 5.53. The Balaban J connectivity index is 2.08. The van der Waals surface area contributed by atoms with Crippen LogP contribution in [0.1, 0.15) is 57.0 Å². The molecule has 0 radical (unpaired) electrons. The lowest BCUT2D eigenvalue weighted by molar-refractivity contribution is 0.319. The van der Waals surface area contributed by atoms with Crippen LogP contribution in [0.25, 0.3) is 0 Å². The van der Waals surface area contributed by atoms with Crippen molar-refractivity contribution in [2.45, 2.75) is 61.8 Å². The highest BCUT2D eigenvalue weighted by atomic mass is 32.2. The molecule has 2 heterocycles. The molecule has 114 valence electrons. The molecule has 6 heteroatoms. The van der Waals surface area contributed by atoms with E-state index in [-0.39, 0.29) is 0 Å². The van der Waals surface area contributed by atoms with Gasteiger partial charge in [0.05, 0.1) is 11.2 Å². The Bertz CT molecular complexity index is 426. The van der Waals surface area contributed by atoms with Gasteiger partial charge in [-0.25, -0.2) is 0 Å². The van der Waals surface area contributed by atoms with Crippen molar-refractivity contribution < 1.29 is 4.52 Å². The van der Waals surface area contributed by atoms with Crippen LogP contribution < -0.4 is 5.32 Å². The predicted octanol–water partition coefficient (Wildman–Crippen LogP) is 3.47. The van der Waals surface area contributed by atoms with Crippen molar-refractivity contribution in [2.24, 2.45) is 0 Å². The number of hydrogen-bond acceptors (Lipinski definition) is 6. The van der Waals surface area contributed by atoms with E-state index in [1.165, 1.54) is 0 Å². The van der Waals surface area contributed by atoms with Crippen LogP contribution in [0.3, 0.4) is 0 Å². The fourth-order valence-electron chi connectivity index (χ4n) is 2.39. The van der Waals surface area contributed by atoms with Crippen LogP contribution in [0, 0.1) is 0 Å². The number of rotatable bonds is 5. The first-order chi connectivity index (χ1) is 9.56. The van der Waals surface area contributed by atoms with Crippen LogP contribution in [-0.2, 0) is 0 Å². The van der Waals surface area contributed by atoms with Gasteiger partial charge in [0.2, 0.25) is 5.89 Å². The SMILES string of the molecule is CCC(c1nc(C2CSC(C)C(C)S2)no1)C(C)NC. The molecule has 1 aromatic heterocycles. The number of nitrogens with zero attached hydrogens (tertiary/aromatic N) is 2. The zero-order chi connectivity index (χ0) is 14.7. The number of aromatic nitrogens is 2. The average Bonchev–Trinajstić information content (AvgIpc) is 2.92. The van der Waals surface area contributed by atoms with E-state index in [9.17, 15) is 0 Å². The van der Waals surface area contributed by atoms with Crippen LogP contribution in [0.2, 0.25) is 0 Å². The molecule has 1 N–H and O–H groups in total. The summed E-state index contributed by atoms with van der Waals surface area (Å²) in [4.78, 5) is 4.68. The quantitative estimate of drug-likeness (QED) is 0.898. The largest absolute Gasteiger partial charge is 0.339 e. The Kier molecular flexibility index (Phi) is 5.81. The Hall–Kier alpha value is -0.200. The monoisotopic (exact) mass is 315 g/mol. The molecule has 1 aliphatic rings. The summed E-state index contributed by atoms with van der Waals surface area (Å²) in [5, 5.41) is 9.22. The predicted molar refractivity (Wildman–Crippen MR) is 87.6 cm³/mol. The molecule has 1 saturated heterocycles. The summed E-state index contributed by atoms with van der Waals surface area (Å²) >= 11 is 3.98. The smallest absolute Gasteiger partial charge is 0.231 e. The molecule has 0 bridgehead atoms. The molecule has 0 amide bonds. The van der Waals surface area contributed by atoms with Gasteiger partial charge in [0, 0.05) is 22.3 Å². The maximum atomic E-state index is 5.53. The summed E-state index contributed by atoms with van der Waals surface area (Å²) in [6.45, 7) is 8.90. The lowest BCUT2D eigenvalue weighted by atomic mass is 9.98. The third-order valence-corrected chi connectivity index (χ3v) is 7.50. The minimum absolute atomic E-state index is 0.291. The maximum Gasteiger partial charge on any atom is 0.231 e. The van der Waals surface area contributed by atoms with E-state index in [1.54, 1.807) is 0 Å². The highest BCUT2D eigenvalue weighted by molar-refractivity contribution is 8.07. The summed E-state index contributed by atoms with van der Waals surface area (Å²) in [7, 11) is 1.97. The van der Waals surface area contributed by atoms with Crippen molar-refractivity contribution in [3.63, 3.8) is 0 Å². The van der Waals surface area contributed by atoms with E-state index in [4.69, 9.17) is 4.52 Å². The van der Waals surface area contributed by atoms with E-state index in [0.29, 0.717) is 27.7 Å². The normalized spacial score (nSPS) is 30.1. The van der Waals surface area contributed by atoms with E-state index in [2.05, 4.69) is 43.2 Å². The van der Waals surface area contributed by atoms with Gasteiger partial charge < -0.3 is 9.84 Å². The Morgan fingerprint density at radius 3 is 2.75 bits per heavy atom. The number of hydrogen-bond donors (Lipinski definition) is 1. The minimum Gasteiger partial charge on any atom is -0.339 e. The fraction of sp³-hybridized carbons (Fsp3) is 0.857. The number of thioether (sulfide) groups is 2. The van der Waals surface area contributed by atoms with Crippen molar-refractivity contribution in [3.8, 4) is 0 Å². The second-order valence-electron chi connectivity index (χ2n) is 5.45. The zero-order valence-electron chi connectivity index (χ0n) is 12.9. The van der Waals surface area contributed by atoms with Gasteiger partial charge >= 0.3 is 0 Å². The van der Waals surface area contributed by atoms with Crippen LogP contribution in [0.5, 0.6) is 0 Å². The van der Waals surface area contributed by atoms with Crippen molar-refractivity contribution in [2.75, 3.05) is 12.8 Å². The molecular weight excluding hydrogens is 290 g/mol. The molecular formula is C14H25N3OS2. The summed E-state index contributed by atoms with van der Waals surface area (Å²) in [5.41, 5.74) is 0. The molecule has 1 aromatic rings. The molecule has 0 saturated carbocycles. The van der Waals surface area contributed by atoms with E-state index in [0.717, 1.165) is 23.9 Å². The molecule has 20 heavy (non-hydrogen) atoms. The third-order valence-electron chi connectivity index (χ3n) is 4.11. The molecule has 5 unspecified atom stereocenters. The number of nitrogens with one attached hydrogen (secondary N) is 1. The molecule has 1 fully saturated rings.